The van der Waals surface area contributed by atoms with Gasteiger partial charge in [-0.1, -0.05) is 32.9 Å². The lowest BCUT2D eigenvalue weighted by atomic mass is 10.1. The fourth-order valence-electron chi connectivity index (χ4n) is 1.89. The van der Waals surface area contributed by atoms with Crippen molar-refractivity contribution < 1.29 is 13.5 Å². The summed E-state index contributed by atoms with van der Waals surface area (Å²) < 4.78 is 26.5. The van der Waals surface area contributed by atoms with Gasteiger partial charge in [0.25, 0.3) is 0 Å². The number of nitrogens with zero attached hydrogens (tertiary/aromatic N) is 1. The standard InChI is InChI=1S/C14H23NO3S/c1-5-15(10-11(2)3)19(17,18)14-8-6-7-13(9-14)12(4)16/h6-9,11-12,16H,5,10H2,1-4H3. The number of aliphatic hydroxyl groups is 1. The van der Waals surface area contributed by atoms with Crippen molar-refractivity contribution in [2.24, 2.45) is 5.92 Å². The zero-order chi connectivity index (χ0) is 14.6. The van der Waals surface area contributed by atoms with Gasteiger partial charge in [-0.3, -0.25) is 0 Å². The van der Waals surface area contributed by atoms with Crippen molar-refractivity contribution in [3.63, 3.8) is 0 Å². The van der Waals surface area contributed by atoms with Crippen molar-refractivity contribution in [3.8, 4) is 0 Å². The van der Waals surface area contributed by atoms with Gasteiger partial charge in [-0.15, -0.1) is 0 Å². The molecule has 1 aromatic carbocycles. The van der Waals surface area contributed by atoms with Crippen LogP contribution in [0.25, 0.3) is 0 Å². The Balaban J connectivity index is 3.14. The SMILES string of the molecule is CCN(CC(C)C)S(=O)(=O)c1cccc(C(C)O)c1. The molecule has 0 fully saturated rings. The van der Waals surface area contributed by atoms with Crippen molar-refractivity contribution in [3.05, 3.63) is 29.8 Å². The van der Waals surface area contributed by atoms with Gasteiger partial charge in [0.2, 0.25) is 10.0 Å². The molecule has 0 aliphatic carbocycles. The largest absolute Gasteiger partial charge is 0.389 e. The third-order valence-electron chi connectivity index (χ3n) is 2.90. The van der Waals surface area contributed by atoms with Gasteiger partial charge in [0.05, 0.1) is 11.0 Å². The lowest BCUT2D eigenvalue weighted by Crippen LogP contribution is -2.34. The normalized spacial score (nSPS) is 14.1. The fourth-order valence-corrected chi connectivity index (χ4v) is 3.56. The summed E-state index contributed by atoms with van der Waals surface area (Å²) in [6, 6.07) is 6.51. The number of aliphatic hydroxyl groups excluding tert-OH is 1. The van der Waals surface area contributed by atoms with Gasteiger partial charge < -0.3 is 5.11 Å². The van der Waals surface area contributed by atoms with Crippen LogP contribution in [0.3, 0.4) is 0 Å². The Morgan fingerprint density at radius 1 is 1.26 bits per heavy atom. The van der Waals surface area contributed by atoms with Crippen molar-refractivity contribution in [1.29, 1.82) is 0 Å². The Labute approximate surface area is 116 Å². The van der Waals surface area contributed by atoms with Crippen LogP contribution >= 0.6 is 0 Å². The molecule has 108 valence electrons. The van der Waals surface area contributed by atoms with E-state index in [0.29, 0.717) is 18.7 Å². The van der Waals surface area contributed by atoms with Gasteiger partial charge in [0.15, 0.2) is 0 Å². The van der Waals surface area contributed by atoms with E-state index in [0.717, 1.165) is 0 Å². The smallest absolute Gasteiger partial charge is 0.243 e. The Bertz CT molecular complexity index is 509. The molecular weight excluding hydrogens is 262 g/mol. The maximum atomic E-state index is 12.5. The zero-order valence-corrected chi connectivity index (χ0v) is 12.8. The molecule has 0 heterocycles. The van der Waals surface area contributed by atoms with Crippen molar-refractivity contribution in [2.75, 3.05) is 13.1 Å². The predicted molar refractivity (Wildman–Crippen MR) is 76.3 cm³/mol. The minimum atomic E-state index is -3.48. The topological polar surface area (TPSA) is 57.6 Å². The molecule has 0 aliphatic heterocycles. The molecular formula is C14H23NO3S. The third-order valence-corrected chi connectivity index (χ3v) is 4.84. The molecule has 0 radical (unpaired) electrons. The fraction of sp³-hybridized carbons (Fsp3) is 0.571. The molecule has 0 bridgehead atoms. The summed E-state index contributed by atoms with van der Waals surface area (Å²) in [5.41, 5.74) is 0.613. The summed E-state index contributed by atoms with van der Waals surface area (Å²) in [7, 11) is -3.48. The first-order valence-corrected chi connectivity index (χ1v) is 8.01. The first-order chi connectivity index (χ1) is 8.78. The summed E-state index contributed by atoms with van der Waals surface area (Å²) in [4.78, 5) is 0.244. The van der Waals surface area contributed by atoms with Gasteiger partial charge >= 0.3 is 0 Å². The molecule has 0 spiro atoms. The highest BCUT2D eigenvalue weighted by Crippen LogP contribution is 2.21. The van der Waals surface area contributed by atoms with Crippen LogP contribution in [0, 0.1) is 5.92 Å². The number of rotatable bonds is 6. The summed E-state index contributed by atoms with van der Waals surface area (Å²) in [5.74, 6) is 0.273. The van der Waals surface area contributed by atoms with E-state index in [9.17, 15) is 13.5 Å². The minimum Gasteiger partial charge on any atom is -0.389 e. The van der Waals surface area contributed by atoms with Crippen LogP contribution in [0.5, 0.6) is 0 Å². The van der Waals surface area contributed by atoms with Crippen LogP contribution in [-0.4, -0.2) is 30.9 Å². The van der Waals surface area contributed by atoms with E-state index in [1.165, 1.54) is 4.31 Å². The first-order valence-electron chi connectivity index (χ1n) is 6.57. The summed E-state index contributed by atoms with van der Waals surface area (Å²) in [6.45, 7) is 8.38. The predicted octanol–water partition coefficient (Wildman–Crippen LogP) is 2.41. The molecule has 1 N–H and O–H groups in total. The van der Waals surface area contributed by atoms with Gasteiger partial charge in [-0.2, -0.15) is 4.31 Å². The summed E-state index contributed by atoms with van der Waals surface area (Å²) in [6.07, 6.45) is -0.671. The molecule has 1 rings (SSSR count). The number of hydrogen-bond donors (Lipinski definition) is 1. The third kappa shape index (κ3) is 4.03. The molecule has 5 heteroatoms. The molecule has 4 nitrogen and oxygen atoms in total. The van der Waals surface area contributed by atoms with Gasteiger partial charge in [-0.25, -0.2) is 8.42 Å². The first kappa shape index (κ1) is 16.1. The van der Waals surface area contributed by atoms with E-state index in [4.69, 9.17) is 0 Å². The number of sulfonamides is 1. The van der Waals surface area contributed by atoms with E-state index in [2.05, 4.69) is 0 Å². The van der Waals surface area contributed by atoms with Gasteiger partial charge in [0.1, 0.15) is 0 Å². The van der Waals surface area contributed by atoms with Crippen LogP contribution in [0.1, 0.15) is 39.4 Å². The molecule has 0 aliphatic rings. The van der Waals surface area contributed by atoms with Crippen LogP contribution in [0.15, 0.2) is 29.2 Å². The van der Waals surface area contributed by atoms with E-state index in [1.807, 2.05) is 20.8 Å². The Morgan fingerprint density at radius 2 is 1.89 bits per heavy atom. The molecule has 1 atom stereocenters. The second-order valence-electron chi connectivity index (χ2n) is 5.10. The average Bonchev–Trinajstić information content (AvgIpc) is 2.35. The second kappa shape index (κ2) is 6.50. The quantitative estimate of drug-likeness (QED) is 0.873. The van der Waals surface area contributed by atoms with E-state index in [1.54, 1.807) is 31.2 Å². The minimum absolute atomic E-state index is 0.244. The van der Waals surface area contributed by atoms with Gasteiger partial charge in [0, 0.05) is 13.1 Å². The molecule has 0 saturated carbocycles. The van der Waals surface area contributed by atoms with E-state index < -0.39 is 16.1 Å². The van der Waals surface area contributed by atoms with Crippen molar-refractivity contribution >= 4 is 10.0 Å². The molecule has 19 heavy (non-hydrogen) atoms. The highest BCUT2D eigenvalue weighted by atomic mass is 32.2. The monoisotopic (exact) mass is 285 g/mol. The summed E-state index contributed by atoms with van der Waals surface area (Å²) in [5, 5.41) is 9.55. The zero-order valence-electron chi connectivity index (χ0n) is 12.0. The second-order valence-corrected chi connectivity index (χ2v) is 7.04. The Kier molecular flexibility index (Phi) is 5.52. The van der Waals surface area contributed by atoms with E-state index in [-0.39, 0.29) is 10.8 Å². The number of benzene rings is 1. The highest BCUT2D eigenvalue weighted by Gasteiger charge is 2.24. The van der Waals surface area contributed by atoms with Gasteiger partial charge in [-0.05, 0) is 30.5 Å². The molecule has 0 amide bonds. The maximum Gasteiger partial charge on any atom is 0.243 e. The van der Waals surface area contributed by atoms with Crippen LogP contribution < -0.4 is 0 Å². The lowest BCUT2D eigenvalue weighted by Gasteiger charge is -2.22. The molecule has 1 aromatic rings. The van der Waals surface area contributed by atoms with Crippen LogP contribution in [-0.2, 0) is 10.0 Å². The summed E-state index contributed by atoms with van der Waals surface area (Å²) >= 11 is 0. The number of hydrogen-bond acceptors (Lipinski definition) is 3. The van der Waals surface area contributed by atoms with Crippen LogP contribution in [0.2, 0.25) is 0 Å². The molecule has 0 saturated heterocycles. The maximum absolute atomic E-state index is 12.5. The average molecular weight is 285 g/mol. The lowest BCUT2D eigenvalue weighted by molar-refractivity contribution is 0.199. The molecule has 1 unspecified atom stereocenters. The Hall–Kier alpha value is -0.910. The molecule has 0 aromatic heterocycles. The Morgan fingerprint density at radius 3 is 2.37 bits per heavy atom. The van der Waals surface area contributed by atoms with Crippen LogP contribution in [0.4, 0.5) is 0 Å². The van der Waals surface area contributed by atoms with E-state index >= 15 is 0 Å². The van der Waals surface area contributed by atoms with Crippen molar-refractivity contribution in [2.45, 2.75) is 38.7 Å². The van der Waals surface area contributed by atoms with Crippen molar-refractivity contribution in [1.82, 2.24) is 4.31 Å². The highest BCUT2D eigenvalue weighted by molar-refractivity contribution is 7.89.